The van der Waals surface area contributed by atoms with Crippen LogP contribution in [0.5, 0.6) is 0 Å². The first kappa shape index (κ1) is 13.7. The van der Waals surface area contributed by atoms with Gasteiger partial charge in [-0.1, -0.05) is 24.3 Å². The molecule has 0 atom stereocenters. The van der Waals surface area contributed by atoms with E-state index in [9.17, 15) is 13.6 Å². The van der Waals surface area contributed by atoms with Crippen molar-refractivity contribution in [1.29, 1.82) is 0 Å². The summed E-state index contributed by atoms with van der Waals surface area (Å²) >= 11 is 0. The number of carbonyl (C=O) groups excluding carboxylic acids is 1. The molecule has 0 aliphatic heterocycles. The normalized spacial score (nSPS) is 10.7. The number of urea groups is 1. The lowest BCUT2D eigenvalue weighted by Gasteiger charge is -2.04. The third-order valence-corrected chi connectivity index (χ3v) is 2.54. The van der Waals surface area contributed by atoms with Crippen LogP contribution in [0.25, 0.3) is 11.1 Å². The van der Waals surface area contributed by atoms with Gasteiger partial charge in [-0.3, -0.25) is 0 Å². The van der Waals surface area contributed by atoms with E-state index in [1.54, 1.807) is 12.1 Å². The number of nitrogens with two attached hydrogens (primary N) is 1. The van der Waals surface area contributed by atoms with Gasteiger partial charge in [0, 0.05) is 5.56 Å². The first-order chi connectivity index (χ1) is 9.56. The molecule has 0 bridgehead atoms. The highest BCUT2D eigenvalue weighted by Crippen LogP contribution is 2.23. The molecule has 0 heterocycles. The molecule has 20 heavy (non-hydrogen) atoms. The van der Waals surface area contributed by atoms with Crippen LogP contribution in [0.3, 0.4) is 0 Å². The van der Waals surface area contributed by atoms with Crippen molar-refractivity contribution in [2.45, 2.75) is 0 Å². The zero-order valence-corrected chi connectivity index (χ0v) is 10.3. The Labute approximate surface area is 113 Å². The fourth-order valence-electron chi connectivity index (χ4n) is 1.65. The minimum Gasteiger partial charge on any atom is -0.350 e. The highest BCUT2D eigenvalue weighted by Gasteiger charge is 2.05. The van der Waals surface area contributed by atoms with Crippen molar-refractivity contribution < 1.29 is 13.6 Å². The SMILES string of the molecule is NC(=O)NN=Cc1ccc(-c2ccc(F)cc2)c(F)c1. The zero-order valence-electron chi connectivity index (χ0n) is 10.3. The van der Waals surface area contributed by atoms with Crippen LogP contribution in [0, 0.1) is 11.6 Å². The molecule has 2 aromatic rings. The number of benzene rings is 2. The molecule has 0 aliphatic rings. The van der Waals surface area contributed by atoms with Crippen LogP contribution in [0.15, 0.2) is 47.6 Å². The van der Waals surface area contributed by atoms with Gasteiger partial charge in [-0.25, -0.2) is 19.0 Å². The molecule has 0 spiro atoms. The molecular weight excluding hydrogens is 264 g/mol. The Kier molecular flexibility index (Phi) is 4.05. The summed E-state index contributed by atoms with van der Waals surface area (Å²) in [5.74, 6) is -0.852. The summed E-state index contributed by atoms with van der Waals surface area (Å²) in [4.78, 5) is 10.4. The predicted octanol–water partition coefficient (Wildman–Crippen LogP) is 2.63. The molecule has 0 radical (unpaired) electrons. The number of hydrogen-bond acceptors (Lipinski definition) is 2. The minimum atomic E-state index is -0.801. The Hall–Kier alpha value is -2.76. The lowest BCUT2D eigenvalue weighted by atomic mass is 10.0. The smallest absolute Gasteiger partial charge is 0.332 e. The molecule has 4 nitrogen and oxygen atoms in total. The molecule has 0 unspecified atom stereocenters. The Morgan fingerprint density at radius 3 is 2.45 bits per heavy atom. The van der Waals surface area contributed by atoms with E-state index in [4.69, 9.17) is 5.73 Å². The second-order valence-corrected chi connectivity index (χ2v) is 3.98. The number of nitrogens with zero attached hydrogens (tertiary/aromatic N) is 1. The summed E-state index contributed by atoms with van der Waals surface area (Å²) in [6, 6.07) is 9.14. The van der Waals surface area contributed by atoms with E-state index in [0.717, 1.165) is 0 Å². The molecule has 0 saturated carbocycles. The second kappa shape index (κ2) is 5.92. The van der Waals surface area contributed by atoms with Crippen LogP contribution >= 0.6 is 0 Å². The van der Waals surface area contributed by atoms with Gasteiger partial charge in [0.1, 0.15) is 11.6 Å². The van der Waals surface area contributed by atoms with Crippen molar-refractivity contribution in [3.05, 3.63) is 59.7 Å². The lowest BCUT2D eigenvalue weighted by molar-refractivity contribution is 0.249. The van der Waals surface area contributed by atoms with Gasteiger partial charge in [-0.05, 0) is 29.3 Å². The fourth-order valence-corrected chi connectivity index (χ4v) is 1.65. The first-order valence-corrected chi connectivity index (χ1v) is 5.70. The van der Waals surface area contributed by atoms with E-state index in [1.807, 2.05) is 5.43 Å². The number of nitrogens with one attached hydrogen (secondary N) is 1. The van der Waals surface area contributed by atoms with Gasteiger partial charge in [0.15, 0.2) is 0 Å². The highest BCUT2D eigenvalue weighted by atomic mass is 19.1. The number of hydrogen-bond donors (Lipinski definition) is 2. The van der Waals surface area contributed by atoms with Crippen molar-refractivity contribution >= 4 is 12.2 Å². The van der Waals surface area contributed by atoms with Crippen LogP contribution in [0.1, 0.15) is 5.56 Å². The molecule has 0 aliphatic carbocycles. The van der Waals surface area contributed by atoms with Crippen LogP contribution < -0.4 is 11.2 Å². The number of halogens is 2. The van der Waals surface area contributed by atoms with Crippen LogP contribution in [0.2, 0.25) is 0 Å². The number of rotatable bonds is 3. The quantitative estimate of drug-likeness (QED) is 0.656. The van der Waals surface area contributed by atoms with E-state index in [1.165, 1.54) is 36.5 Å². The summed E-state index contributed by atoms with van der Waals surface area (Å²) in [5.41, 5.74) is 8.22. The maximum atomic E-state index is 14.0. The van der Waals surface area contributed by atoms with Crippen molar-refractivity contribution in [3.63, 3.8) is 0 Å². The van der Waals surface area contributed by atoms with Crippen LogP contribution in [-0.2, 0) is 0 Å². The summed E-state index contributed by atoms with van der Waals surface area (Å²) < 4.78 is 26.8. The average Bonchev–Trinajstić information content (AvgIpc) is 2.40. The topological polar surface area (TPSA) is 67.5 Å². The van der Waals surface area contributed by atoms with Crippen LogP contribution in [-0.4, -0.2) is 12.2 Å². The Bertz CT molecular complexity index is 654. The lowest BCUT2D eigenvalue weighted by Crippen LogP contribution is -2.24. The first-order valence-electron chi connectivity index (χ1n) is 5.70. The van der Waals surface area contributed by atoms with E-state index < -0.39 is 11.8 Å². The minimum absolute atomic E-state index is 0.352. The number of hydrazone groups is 1. The monoisotopic (exact) mass is 275 g/mol. The van der Waals surface area contributed by atoms with Crippen molar-refractivity contribution in [3.8, 4) is 11.1 Å². The molecule has 2 rings (SSSR count). The number of carbonyl (C=O) groups is 1. The van der Waals surface area contributed by atoms with Gasteiger partial charge in [0.25, 0.3) is 0 Å². The molecule has 0 aromatic heterocycles. The average molecular weight is 275 g/mol. The van der Waals surface area contributed by atoms with Crippen LogP contribution in [0.4, 0.5) is 13.6 Å². The van der Waals surface area contributed by atoms with Crippen molar-refractivity contribution in [1.82, 2.24) is 5.43 Å². The summed E-state index contributed by atoms with van der Waals surface area (Å²) in [7, 11) is 0. The molecule has 2 amide bonds. The van der Waals surface area contributed by atoms with Crippen molar-refractivity contribution in [2.75, 3.05) is 0 Å². The fraction of sp³-hybridized carbons (Fsp3) is 0. The van der Waals surface area contributed by atoms with E-state index in [-0.39, 0.29) is 5.82 Å². The molecule has 102 valence electrons. The summed E-state index contributed by atoms with van der Waals surface area (Å²) in [5, 5.41) is 3.53. The van der Waals surface area contributed by atoms with Gasteiger partial charge < -0.3 is 5.73 Å². The van der Waals surface area contributed by atoms with Crippen molar-refractivity contribution in [2.24, 2.45) is 10.8 Å². The van der Waals surface area contributed by atoms with E-state index in [2.05, 4.69) is 5.10 Å². The number of amides is 2. The molecular formula is C14H11F2N3O. The Morgan fingerprint density at radius 1 is 1.15 bits per heavy atom. The molecule has 3 N–H and O–H groups in total. The summed E-state index contributed by atoms with van der Waals surface area (Å²) in [6.07, 6.45) is 1.27. The van der Waals surface area contributed by atoms with E-state index >= 15 is 0 Å². The maximum absolute atomic E-state index is 14.0. The third-order valence-electron chi connectivity index (χ3n) is 2.54. The van der Waals surface area contributed by atoms with E-state index in [0.29, 0.717) is 16.7 Å². The van der Waals surface area contributed by atoms with Gasteiger partial charge in [0.05, 0.1) is 6.21 Å². The second-order valence-electron chi connectivity index (χ2n) is 3.98. The maximum Gasteiger partial charge on any atom is 0.332 e. The Morgan fingerprint density at radius 2 is 1.85 bits per heavy atom. The standard InChI is InChI=1S/C14H11F2N3O/c15-11-4-2-10(3-5-11)12-6-1-9(7-13(12)16)8-18-19-14(17)20/h1-8H,(H3,17,19,20). The summed E-state index contributed by atoms with van der Waals surface area (Å²) in [6.45, 7) is 0. The van der Waals surface area contributed by atoms with Gasteiger partial charge in [-0.2, -0.15) is 5.10 Å². The molecule has 0 saturated heterocycles. The zero-order chi connectivity index (χ0) is 14.5. The third kappa shape index (κ3) is 3.38. The van der Waals surface area contributed by atoms with Gasteiger partial charge >= 0.3 is 6.03 Å². The van der Waals surface area contributed by atoms with Gasteiger partial charge in [-0.15, -0.1) is 0 Å². The largest absolute Gasteiger partial charge is 0.350 e. The molecule has 0 fully saturated rings. The molecule has 6 heteroatoms. The highest BCUT2D eigenvalue weighted by molar-refractivity contribution is 5.82. The Balaban J connectivity index is 2.23. The van der Waals surface area contributed by atoms with Gasteiger partial charge in [0.2, 0.25) is 0 Å². The molecule has 2 aromatic carbocycles. The predicted molar refractivity (Wildman–Crippen MR) is 72.1 cm³/mol. The number of primary amides is 1.